The van der Waals surface area contributed by atoms with Gasteiger partial charge in [0.2, 0.25) is 0 Å². The van der Waals surface area contributed by atoms with Crippen LogP contribution in [0.5, 0.6) is 0 Å². The highest BCUT2D eigenvalue weighted by atomic mass is 16.4. The van der Waals surface area contributed by atoms with E-state index in [1.165, 1.54) is 4.90 Å². The predicted octanol–water partition coefficient (Wildman–Crippen LogP) is 3.12. The number of aliphatic carboxylic acids is 1. The van der Waals surface area contributed by atoms with E-state index in [9.17, 15) is 14.7 Å². The van der Waals surface area contributed by atoms with Gasteiger partial charge in [-0.15, -0.1) is 0 Å². The number of para-hydroxylation sites is 2. The van der Waals surface area contributed by atoms with Gasteiger partial charge in [0.05, 0.1) is 23.1 Å². The minimum absolute atomic E-state index is 0.0295. The number of aliphatic imine (C=N–C) groups is 1. The fourth-order valence-electron chi connectivity index (χ4n) is 3.23. The Hall–Kier alpha value is -3.21. The average Bonchev–Trinajstić information content (AvgIpc) is 2.67. The highest BCUT2D eigenvalue weighted by Crippen LogP contribution is 2.36. The second-order valence-electron chi connectivity index (χ2n) is 6.44. The summed E-state index contributed by atoms with van der Waals surface area (Å²) in [5.74, 6) is 0.872. The van der Waals surface area contributed by atoms with E-state index in [2.05, 4.69) is 10.3 Å². The van der Waals surface area contributed by atoms with Crippen LogP contribution in [0.4, 0.5) is 11.4 Å². The number of nitrogens with zero attached hydrogens (tertiary/aromatic N) is 2. The Balaban J connectivity index is 1.94. The number of carboxylic acids is 1. The van der Waals surface area contributed by atoms with Crippen LogP contribution in [-0.4, -0.2) is 35.3 Å². The first-order valence-electron chi connectivity index (χ1n) is 8.74. The van der Waals surface area contributed by atoms with Crippen molar-refractivity contribution in [3.05, 3.63) is 65.9 Å². The van der Waals surface area contributed by atoms with E-state index in [1.54, 1.807) is 18.2 Å². The third kappa shape index (κ3) is 3.97. The van der Waals surface area contributed by atoms with Crippen LogP contribution < -0.4 is 10.2 Å². The van der Waals surface area contributed by atoms with Gasteiger partial charge in [0.15, 0.2) is 11.6 Å². The molecule has 2 atom stereocenters. The number of nitrogens with one attached hydrogen (secondary N) is 1. The summed E-state index contributed by atoms with van der Waals surface area (Å²) in [6, 6.07) is 16.9. The second kappa shape index (κ2) is 7.99. The number of anilines is 1. The van der Waals surface area contributed by atoms with Crippen LogP contribution in [0.25, 0.3) is 0 Å². The van der Waals surface area contributed by atoms with Crippen LogP contribution in [0.15, 0.2) is 65.3 Å². The zero-order valence-electron chi connectivity index (χ0n) is 15.2. The average molecular weight is 363 g/mol. The van der Waals surface area contributed by atoms with Crippen LogP contribution in [0.1, 0.15) is 25.5 Å². The van der Waals surface area contributed by atoms with Crippen molar-refractivity contribution in [1.82, 2.24) is 5.32 Å². The van der Waals surface area contributed by atoms with E-state index in [4.69, 9.17) is 0 Å². The molecular formula is C21H21N3O3. The molecule has 3 rings (SSSR count). The Labute approximate surface area is 157 Å². The van der Waals surface area contributed by atoms with Gasteiger partial charge in [0, 0.05) is 6.04 Å². The Morgan fingerprint density at radius 3 is 2.44 bits per heavy atom. The number of hydrogen-bond donors (Lipinski definition) is 2. The molecule has 138 valence electrons. The zero-order chi connectivity index (χ0) is 19.4. The molecule has 27 heavy (non-hydrogen) atoms. The van der Waals surface area contributed by atoms with Gasteiger partial charge in [0.1, 0.15) is 6.54 Å². The van der Waals surface area contributed by atoms with Gasteiger partial charge in [-0.25, -0.2) is 9.79 Å². The molecule has 1 aliphatic rings. The Bertz CT molecular complexity index is 917. The van der Waals surface area contributed by atoms with E-state index in [1.807, 2.05) is 56.2 Å². The first-order valence-corrected chi connectivity index (χ1v) is 8.74. The smallest absolute Gasteiger partial charge is 0.323 e. The fraction of sp³-hybridized carbons (Fsp3) is 0.238. The molecule has 0 aromatic heterocycles. The standard InChI is InChI=1S/C21H21N3O3/c1-14(16-8-4-3-5-9-16)22-15(2)21-19(13-25)24(12-20(26)27)18-11-7-6-10-17(18)23-21/h3-11,14-15,22H,12H2,1-2H3,(H,26,27). The highest BCUT2D eigenvalue weighted by Gasteiger charge is 2.30. The van der Waals surface area contributed by atoms with Gasteiger partial charge in [-0.1, -0.05) is 42.5 Å². The van der Waals surface area contributed by atoms with Gasteiger partial charge in [-0.2, -0.15) is 0 Å². The lowest BCUT2D eigenvalue weighted by molar-refractivity contribution is -0.135. The maximum absolute atomic E-state index is 11.7. The molecule has 2 unspecified atom stereocenters. The fourth-order valence-corrected chi connectivity index (χ4v) is 3.23. The van der Waals surface area contributed by atoms with Gasteiger partial charge in [0.25, 0.3) is 0 Å². The number of carbonyl (C=O) groups excluding carboxylic acids is 1. The zero-order valence-corrected chi connectivity index (χ0v) is 15.2. The number of carbonyl (C=O) groups is 1. The molecule has 1 aliphatic heterocycles. The lowest BCUT2D eigenvalue weighted by Gasteiger charge is -2.32. The van der Waals surface area contributed by atoms with Crippen molar-refractivity contribution in [3.63, 3.8) is 0 Å². The second-order valence-corrected chi connectivity index (χ2v) is 6.44. The summed E-state index contributed by atoms with van der Waals surface area (Å²) < 4.78 is 0. The third-order valence-corrected chi connectivity index (χ3v) is 4.53. The molecule has 0 saturated heterocycles. The summed E-state index contributed by atoms with van der Waals surface area (Å²) in [6.07, 6.45) is 0. The Kier molecular flexibility index (Phi) is 5.50. The first-order chi connectivity index (χ1) is 13.0. The largest absolute Gasteiger partial charge is 0.480 e. The summed E-state index contributed by atoms with van der Waals surface area (Å²) in [4.78, 5) is 29.1. The Morgan fingerprint density at radius 2 is 1.78 bits per heavy atom. The van der Waals surface area contributed by atoms with E-state index >= 15 is 0 Å². The molecule has 0 saturated carbocycles. The number of hydrogen-bond acceptors (Lipinski definition) is 5. The van der Waals surface area contributed by atoms with Crippen molar-refractivity contribution >= 4 is 29.0 Å². The summed E-state index contributed by atoms with van der Waals surface area (Å²) >= 11 is 0. The number of carboxylic acid groups (broad SMARTS) is 1. The molecule has 6 nitrogen and oxygen atoms in total. The molecule has 0 amide bonds. The topological polar surface area (TPSA) is 82.0 Å². The van der Waals surface area contributed by atoms with Crippen molar-refractivity contribution in [2.75, 3.05) is 11.4 Å². The molecule has 6 heteroatoms. The molecule has 2 N–H and O–H groups in total. The monoisotopic (exact) mass is 363 g/mol. The SMILES string of the molecule is CC(NC(C)c1ccccc1)C1=Nc2ccccc2N(CC(=O)O)C1=C=O. The molecule has 2 aromatic rings. The minimum atomic E-state index is -1.03. The van der Waals surface area contributed by atoms with Crippen molar-refractivity contribution in [2.45, 2.75) is 25.9 Å². The van der Waals surface area contributed by atoms with E-state index < -0.39 is 5.97 Å². The molecule has 0 spiro atoms. The van der Waals surface area contributed by atoms with Gasteiger partial charge in [-0.3, -0.25) is 4.79 Å². The summed E-state index contributed by atoms with van der Waals surface area (Å²) in [5.41, 5.74) is 2.96. The molecule has 0 radical (unpaired) electrons. The normalized spacial score (nSPS) is 15.4. The van der Waals surface area contributed by atoms with Crippen molar-refractivity contribution in [1.29, 1.82) is 0 Å². The first kappa shape index (κ1) is 18.6. The molecule has 0 fully saturated rings. The Morgan fingerprint density at radius 1 is 1.11 bits per heavy atom. The van der Waals surface area contributed by atoms with Crippen LogP contribution in [-0.2, 0) is 9.59 Å². The van der Waals surface area contributed by atoms with Crippen LogP contribution in [0.3, 0.4) is 0 Å². The summed E-state index contributed by atoms with van der Waals surface area (Å²) in [5, 5.41) is 12.7. The molecule has 1 heterocycles. The summed E-state index contributed by atoms with van der Waals surface area (Å²) in [6.45, 7) is 3.60. The molecule has 2 aromatic carbocycles. The highest BCUT2D eigenvalue weighted by molar-refractivity contribution is 6.16. The lowest BCUT2D eigenvalue weighted by atomic mass is 10.0. The van der Waals surface area contributed by atoms with Crippen molar-refractivity contribution in [3.8, 4) is 0 Å². The molecule has 0 aliphatic carbocycles. The van der Waals surface area contributed by atoms with Crippen molar-refractivity contribution < 1.29 is 14.7 Å². The van der Waals surface area contributed by atoms with Gasteiger partial charge in [-0.05, 0) is 31.5 Å². The van der Waals surface area contributed by atoms with Crippen LogP contribution in [0, 0.1) is 0 Å². The lowest BCUT2D eigenvalue weighted by Crippen LogP contribution is -2.44. The van der Waals surface area contributed by atoms with Crippen molar-refractivity contribution in [2.24, 2.45) is 4.99 Å². The predicted molar refractivity (Wildman–Crippen MR) is 105 cm³/mol. The van der Waals surface area contributed by atoms with E-state index in [0.717, 1.165) is 5.56 Å². The third-order valence-electron chi connectivity index (χ3n) is 4.53. The maximum Gasteiger partial charge on any atom is 0.323 e. The van der Waals surface area contributed by atoms with Crippen LogP contribution in [0.2, 0.25) is 0 Å². The minimum Gasteiger partial charge on any atom is -0.480 e. The van der Waals surface area contributed by atoms with Crippen LogP contribution >= 0.6 is 0 Å². The van der Waals surface area contributed by atoms with Gasteiger partial charge >= 0.3 is 5.97 Å². The molecule has 0 bridgehead atoms. The summed E-state index contributed by atoms with van der Waals surface area (Å²) in [7, 11) is 0. The van der Waals surface area contributed by atoms with E-state index in [0.29, 0.717) is 17.1 Å². The van der Waals surface area contributed by atoms with E-state index in [-0.39, 0.29) is 24.3 Å². The maximum atomic E-state index is 11.7. The number of fused-ring (bicyclic) bond motifs is 1. The quantitative estimate of drug-likeness (QED) is 0.771. The molecular weight excluding hydrogens is 342 g/mol. The van der Waals surface area contributed by atoms with Gasteiger partial charge < -0.3 is 15.3 Å². The number of rotatable bonds is 6. The number of benzene rings is 2.